The number of aliphatic carboxylic acids is 1. The number of rotatable bonds is 4. The van der Waals surface area contributed by atoms with E-state index in [1.807, 2.05) is 0 Å². The summed E-state index contributed by atoms with van der Waals surface area (Å²) in [6, 6.07) is 0. The number of carbonyl (C=O) groups is 1. The summed E-state index contributed by atoms with van der Waals surface area (Å²) in [6.45, 7) is 6.22. The van der Waals surface area contributed by atoms with Crippen LogP contribution in [0.25, 0.3) is 0 Å². The minimum Gasteiger partial charge on any atom is -0.481 e. The van der Waals surface area contributed by atoms with Gasteiger partial charge in [0.1, 0.15) is 0 Å². The first kappa shape index (κ1) is 17.8. The molecule has 1 N–H and O–H groups in total. The molecule has 2 unspecified atom stereocenters. The molecule has 0 heterocycles. The molecule has 0 aromatic heterocycles. The van der Waals surface area contributed by atoms with Crippen molar-refractivity contribution in [3.8, 4) is 0 Å². The highest BCUT2D eigenvalue weighted by Crippen LogP contribution is 2.64. The topological polar surface area (TPSA) is 46.5 Å². The highest BCUT2D eigenvalue weighted by atomic mass is 16.5. The van der Waals surface area contributed by atoms with E-state index < -0.39 is 5.97 Å². The van der Waals surface area contributed by atoms with Gasteiger partial charge < -0.3 is 9.84 Å². The number of ether oxygens (including phenoxy) is 1. The van der Waals surface area contributed by atoms with Crippen molar-refractivity contribution in [2.75, 3.05) is 13.2 Å². The molecule has 0 saturated heterocycles. The van der Waals surface area contributed by atoms with Crippen LogP contribution in [0.3, 0.4) is 0 Å². The van der Waals surface area contributed by atoms with Gasteiger partial charge >= 0.3 is 5.97 Å². The molecule has 0 bridgehead atoms. The molecule has 0 radical (unpaired) electrons. The Morgan fingerprint density at radius 1 is 1.04 bits per heavy atom. The molecule has 4 aliphatic rings. The molecule has 0 aliphatic heterocycles. The molecule has 0 spiro atoms. The third-order valence-corrected chi connectivity index (χ3v) is 8.92. The largest absolute Gasteiger partial charge is 0.481 e. The fourth-order valence-electron chi connectivity index (χ4n) is 7.79. The van der Waals surface area contributed by atoms with Gasteiger partial charge in [0, 0.05) is 13.2 Å². The molecule has 0 aromatic carbocycles. The van der Waals surface area contributed by atoms with E-state index in [4.69, 9.17) is 4.74 Å². The molecular weight excluding hydrogens is 312 g/mol. The Morgan fingerprint density at radius 2 is 1.84 bits per heavy atom. The smallest absolute Gasteiger partial charge is 0.307 e. The molecule has 0 amide bonds. The fraction of sp³-hybridized carbons (Fsp3) is 0.955. The lowest BCUT2D eigenvalue weighted by atomic mass is 9.49. The molecule has 4 fully saturated rings. The van der Waals surface area contributed by atoms with Crippen LogP contribution in [0.5, 0.6) is 0 Å². The van der Waals surface area contributed by atoms with Crippen LogP contribution >= 0.6 is 0 Å². The zero-order valence-corrected chi connectivity index (χ0v) is 16.1. The lowest BCUT2D eigenvalue weighted by Crippen LogP contribution is -2.49. The molecule has 8 atom stereocenters. The number of hydrogen-bond acceptors (Lipinski definition) is 2. The Balaban J connectivity index is 1.45. The van der Waals surface area contributed by atoms with Gasteiger partial charge in [-0.2, -0.15) is 0 Å². The minimum absolute atomic E-state index is 0.0754. The lowest BCUT2D eigenvalue weighted by molar-refractivity contribution is -0.149. The molecule has 4 rings (SSSR count). The summed E-state index contributed by atoms with van der Waals surface area (Å²) < 4.78 is 5.71. The van der Waals surface area contributed by atoms with Gasteiger partial charge in [-0.05, 0) is 106 Å². The molecule has 4 saturated carbocycles. The summed E-state index contributed by atoms with van der Waals surface area (Å²) in [5.74, 6) is 4.38. The van der Waals surface area contributed by atoms with Crippen LogP contribution in [0.4, 0.5) is 0 Å². The zero-order chi connectivity index (χ0) is 17.6. The first-order valence-corrected chi connectivity index (χ1v) is 10.8. The predicted molar refractivity (Wildman–Crippen MR) is 98.2 cm³/mol. The van der Waals surface area contributed by atoms with Gasteiger partial charge in [-0.1, -0.05) is 6.92 Å². The van der Waals surface area contributed by atoms with Crippen molar-refractivity contribution >= 4 is 5.97 Å². The number of hydrogen-bond donors (Lipinski definition) is 1. The lowest BCUT2D eigenvalue weighted by Gasteiger charge is -2.56. The Labute approximate surface area is 152 Å². The summed E-state index contributed by atoms with van der Waals surface area (Å²) in [5.41, 5.74) is 0.0754. The van der Waals surface area contributed by atoms with Crippen molar-refractivity contribution in [2.24, 2.45) is 46.8 Å². The maximum atomic E-state index is 11.8. The third-order valence-electron chi connectivity index (χ3n) is 8.92. The summed E-state index contributed by atoms with van der Waals surface area (Å²) in [5, 5.41) is 9.69. The average Bonchev–Trinajstić information content (AvgIpc) is 2.97. The second-order valence-corrected chi connectivity index (χ2v) is 9.79. The number of fused-ring (bicyclic) bond motifs is 5. The van der Waals surface area contributed by atoms with Gasteiger partial charge in [-0.25, -0.2) is 0 Å². The maximum Gasteiger partial charge on any atom is 0.307 e. The van der Waals surface area contributed by atoms with Gasteiger partial charge in [0.2, 0.25) is 0 Å². The Bertz CT molecular complexity index is 504. The van der Waals surface area contributed by atoms with Crippen molar-refractivity contribution in [3.63, 3.8) is 0 Å². The van der Waals surface area contributed by atoms with Gasteiger partial charge in [-0.3, -0.25) is 4.79 Å². The van der Waals surface area contributed by atoms with E-state index in [9.17, 15) is 9.90 Å². The van der Waals surface area contributed by atoms with E-state index >= 15 is 0 Å². The van der Waals surface area contributed by atoms with Crippen LogP contribution in [0, 0.1) is 46.8 Å². The zero-order valence-electron chi connectivity index (χ0n) is 16.1. The second kappa shape index (κ2) is 6.87. The molecule has 142 valence electrons. The van der Waals surface area contributed by atoms with Crippen LogP contribution in [0.15, 0.2) is 0 Å². The molecule has 25 heavy (non-hydrogen) atoms. The summed E-state index contributed by atoms with van der Waals surface area (Å²) in [7, 11) is 0. The monoisotopic (exact) mass is 348 g/mol. The van der Waals surface area contributed by atoms with Crippen molar-refractivity contribution in [1.82, 2.24) is 0 Å². The second-order valence-electron chi connectivity index (χ2n) is 9.79. The van der Waals surface area contributed by atoms with Crippen LogP contribution in [0.2, 0.25) is 0 Å². The van der Waals surface area contributed by atoms with Crippen LogP contribution in [0.1, 0.15) is 71.6 Å². The third kappa shape index (κ3) is 2.95. The number of carboxylic acids is 1. The summed E-state index contributed by atoms with van der Waals surface area (Å²) in [4.78, 5) is 11.8. The molecule has 4 aliphatic carbocycles. The standard InChI is InChI=1S/C22H36O3/c1-3-25-13-14-4-6-16-15(12-14)5-7-18-17(16)10-11-22(2)19(18)8-9-20(22)21(23)24/h14-20H,3-13H2,1-2H3,(H,23,24)/t14-,15+,16-,17?,18+,19?,20+,22-/m0/s1. The molecule has 3 heteroatoms. The highest BCUT2D eigenvalue weighted by molar-refractivity contribution is 5.71. The van der Waals surface area contributed by atoms with Crippen molar-refractivity contribution < 1.29 is 14.6 Å². The fourth-order valence-corrected chi connectivity index (χ4v) is 7.79. The maximum absolute atomic E-state index is 11.8. The van der Waals surface area contributed by atoms with E-state index in [0.717, 1.165) is 55.6 Å². The highest BCUT2D eigenvalue weighted by Gasteiger charge is 2.58. The molecule has 3 nitrogen and oxygen atoms in total. The van der Waals surface area contributed by atoms with Crippen LogP contribution in [-0.4, -0.2) is 24.3 Å². The van der Waals surface area contributed by atoms with Crippen molar-refractivity contribution in [1.29, 1.82) is 0 Å². The first-order valence-electron chi connectivity index (χ1n) is 10.8. The normalized spacial score (nSPS) is 49.1. The van der Waals surface area contributed by atoms with E-state index in [-0.39, 0.29) is 11.3 Å². The molecule has 0 aromatic rings. The van der Waals surface area contributed by atoms with Gasteiger partial charge in [0.05, 0.1) is 5.92 Å². The van der Waals surface area contributed by atoms with E-state index in [1.54, 1.807) is 0 Å². The van der Waals surface area contributed by atoms with E-state index in [1.165, 1.54) is 44.9 Å². The first-order chi connectivity index (χ1) is 12.0. The van der Waals surface area contributed by atoms with Crippen molar-refractivity contribution in [3.05, 3.63) is 0 Å². The number of carboxylic acid groups (broad SMARTS) is 1. The molecular formula is C22H36O3. The quantitative estimate of drug-likeness (QED) is 0.778. The average molecular weight is 349 g/mol. The predicted octanol–water partition coefficient (Wildman–Crippen LogP) is 4.99. The van der Waals surface area contributed by atoms with Gasteiger partial charge in [0.15, 0.2) is 0 Å². The van der Waals surface area contributed by atoms with Gasteiger partial charge in [-0.15, -0.1) is 0 Å². The van der Waals surface area contributed by atoms with Crippen molar-refractivity contribution in [2.45, 2.75) is 71.6 Å². The SMILES string of the molecule is CCOC[C@H]1CC[C@@H]2C3CC[C@@]4(C)C(CC[C@@H]4C(=O)O)[C@@H]3CC[C@@H]2C1. The summed E-state index contributed by atoms with van der Waals surface area (Å²) in [6.07, 6.45) is 11.4. The van der Waals surface area contributed by atoms with E-state index in [0.29, 0.717) is 5.92 Å². The Hall–Kier alpha value is -0.570. The minimum atomic E-state index is -0.534. The Kier molecular flexibility index (Phi) is 4.90. The van der Waals surface area contributed by atoms with Crippen LogP contribution < -0.4 is 0 Å². The Morgan fingerprint density at radius 3 is 2.60 bits per heavy atom. The van der Waals surface area contributed by atoms with Gasteiger partial charge in [0.25, 0.3) is 0 Å². The summed E-state index contributed by atoms with van der Waals surface area (Å²) >= 11 is 0. The van der Waals surface area contributed by atoms with E-state index in [2.05, 4.69) is 13.8 Å². The van der Waals surface area contributed by atoms with Crippen LogP contribution in [-0.2, 0) is 9.53 Å².